The predicted molar refractivity (Wildman–Crippen MR) is 121 cm³/mol. The minimum Gasteiger partial charge on any atom is -0.149 e. The topological polar surface area (TPSA) is 0 Å². The molecule has 0 spiro atoms. The van der Waals surface area contributed by atoms with Gasteiger partial charge in [0.15, 0.2) is 0 Å². The maximum absolute atomic E-state index is 2.29. The van der Waals surface area contributed by atoms with Crippen LogP contribution in [0.4, 0.5) is 0 Å². The summed E-state index contributed by atoms with van der Waals surface area (Å²) in [6.45, 7) is 8.95. The van der Waals surface area contributed by atoms with Crippen LogP contribution in [0.15, 0.2) is 45.8 Å². The van der Waals surface area contributed by atoms with Crippen molar-refractivity contribution in [2.75, 3.05) is 0 Å². The molecule has 26 heavy (non-hydrogen) atoms. The molecule has 0 bridgehead atoms. The molecule has 4 aromatic heterocycles. The Kier molecular flexibility index (Phi) is 5.02. The number of aryl methyl sites for hydroxylation is 4. The SMILES string of the molecule is Cc1sccc1C(=C(c1ccsc1C)c1ccsc1C)c1ccsc1C. The molecular weight excluding hydrogens is 393 g/mol. The molecule has 4 heterocycles. The number of thiophene rings is 4. The maximum Gasteiger partial charge on any atom is 0.00930 e. The summed E-state index contributed by atoms with van der Waals surface area (Å²) in [6.07, 6.45) is 0. The van der Waals surface area contributed by atoms with Crippen molar-refractivity contribution in [2.24, 2.45) is 0 Å². The molecule has 4 heteroatoms. The van der Waals surface area contributed by atoms with E-state index in [0.717, 1.165) is 0 Å². The Balaban J connectivity index is 2.16. The normalized spacial score (nSPS) is 11.1. The van der Waals surface area contributed by atoms with Crippen LogP contribution < -0.4 is 0 Å². The molecular formula is C22H20S4. The first-order valence-corrected chi connectivity index (χ1v) is 12.0. The Morgan fingerprint density at radius 3 is 0.846 bits per heavy atom. The van der Waals surface area contributed by atoms with Crippen molar-refractivity contribution in [3.05, 3.63) is 87.5 Å². The fourth-order valence-corrected chi connectivity index (χ4v) is 6.23. The van der Waals surface area contributed by atoms with Gasteiger partial charge in [0.25, 0.3) is 0 Å². The molecule has 132 valence electrons. The summed E-state index contributed by atoms with van der Waals surface area (Å²) in [4.78, 5) is 5.51. The monoisotopic (exact) mass is 412 g/mol. The Morgan fingerprint density at radius 1 is 0.462 bits per heavy atom. The molecule has 0 saturated carbocycles. The van der Waals surface area contributed by atoms with Crippen LogP contribution in [0.5, 0.6) is 0 Å². The van der Waals surface area contributed by atoms with Crippen molar-refractivity contribution in [1.82, 2.24) is 0 Å². The lowest BCUT2D eigenvalue weighted by Gasteiger charge is -2.17. The van der Waals surface area contributed by atoms with Crippen LogP contribution in [-0.2, 0) is 0 Å². The van der Waals surface area contributed by atoms with Crippen molar-refractivity contribution in [1.29, 1.82) is 0 Å². The molecule has 0 aliphatic rings. The molecule has 4 aromatic rings. The second kappa shape index (κ2) is 7.28. The van der Waals surface area contributed by atoms with Crippen LogP contribution in [0, 0.1) is 27.7 Å². The van der Waals surface area contributed by atoms with E-state index in [2.05, 4.69) is 73.5 Å². The van der Waals surface area contributed by atoms with Gasteiger partial charge in [0.2, 0.25) is 0 Å². The molecule has 0 aliphatic heterocycles. The van der Waals surface area contributed by atoms with Crippen LogP contribution in [-0.4, -0.2) is 0 Å². The van der Waals surface area contributed by atoms with Crippen molar-refractivity contribution in [2.45, 2.75) is 27.7 Å². The van der Waals surface area contributed by atoms with Crippen molar-refractivity contribution in [3.63, 3.8) is 0 Å². The van der Waals surface area contributed by atoms with Crippen LogP contribution in [0.1, 0.15) is 41.8 Å². The second-order valence-corrected chi connectivity index (χ2v) is 10.8. The third-order valence-electron chi connectivity index (χ3n) is 4.76. The molecule has 4 rings (SSSR count). The molecule has 0 aliphatic carbocycles. The van der Waals surface area contributed by atoms with Crippen LogP contribution in [0.2, 0.25) is 0 Å². The minimum absolute atomic E-state index is 1.36. The van der Waals surface area contributed by atoms with Crippen molar-refractivity contribution < 1.29 is 0 Å². The third-order valence-corrected chi connectivity index (χ3v) is 8.15. The van der Waals surface area contributed by atoms with E-state index >= 15 is 0 Å². The highest BCUT2D eigenvalue weighted by molar-refractivity contribution is 7.11. The van der Waals surface area contributed by atoms with E-state index in [-0.39, 0.29) is 0 Å². The van der Waals surface area contributed by atoms with Gasteiger partial charge >= 0.3 is 0 Å². The van der Waals surface area contributed by atoms with E-state index in [4.69, 9.17) is 0 Å². The van der Waals surface area contributed by atoms with Crippen LogP contribution >= 0.6 is 45.3 Å². The molecule has 0 fully saturated rings. The van der Waals surface area contributed by atoms with E-state index in [1.165, 1.54) is 52.9 Å². The lowest BCUT2D eigenvalue weighted by atomic mass is 9.86. The molecule has 0 atom stereocenters. The highest BCUT2D eigenvalue weighted by atomic mass is 32.1. The average molecular weight is 413 g/mol. The van der Waals surface area contributed by atoms with E-state index < -0.39 is 0 Å². The summed E-state index contributed by atoms with van der Waals surface area (Å²) < 4.78 is 0. The van der Waals surface area contributed by atoms with Crippen molar-refractivity contribution >= 4 is 56.5 Å². The summed E-state index contributed by atoms with van der Waals surface area (Å²) in [5, 5.41) is 8.85. The van der Waals surface area contributed by atoms with Gasteiger partial charge in [-0.25, -0.2) is 0 Å². The van der Waals surface area contributed by atoms with Gasteiger partial charge in [-0.2, -0.15) is 0 Å². The molecule has 0 aromatic carbocycles. The van der Waals surface area contributed by atoms with Gasteiger partial charge in [-0.1, -0.05) is 0 Å². The first-order chi connectivity index (χ1) is 12.6. The summed E-state index contributed by atoms with van der Waals surface area (Å²) in [6, 6.07) is 9.15. The second-order valence-electron chi connectivity index (χ2n) is 6.31. The van der Waals surface area contributed by atoms with Gasteiger partial charge in [0.05, 0.1) is 0 Å². The van der Waals surface area contributed by atoms with E-state index in [1.807, 2.05) is 45.3 Å². The van der Waals surface area contributed by atoms with Crippen LogP contribution in [0.3, 0.4) is 0 Å². The molecule has 0 nitrogen and oxygen atoms in total. The van der Waals surface area contributed by atoms with E-state index in [9.17, 15) is 0 Å². The summed E-state index contributed by atoms with van der Waals surface area (Å²) in [5.74, 6) is 0. The fraction of sp³-hybridized carbons (Fsp3) is 0.182. The summed E-state index contributed by atoms with van der Waals surface area (Å²) in [7, 11) is 0. The van der Waals surface area contributed by atoms with Crippen LogP contribution in [0.25, 0.3) is 11.1 Å². The lowest BCUT2D eigenvalue weighted by Crippen LogP contribution is -1.98. The van der Waals surface area contributed by atoms with Gasteiger partial charge in [-0.3, -0.25) is 0 Å². The van der Waals surface area contributed by atoms with E-state index in [0.29, 0.717) is 0 Å². The Bertz CT molecular complexity index is 910. The Labute approximate surface area is 171 Å². The smallest absolute Gasteiger partial charge is 0.00930 e. The van der Waals surface area contributed by atoms with Gasteiger partial charge in [-0.15, -0.1) is 45.3 Å². The van der Waals surface area contributed by atoms with Gasteiger partial charge < -0.3 is 0 Å². The summed E-state index contributed by atoms with van der Waals surface area (Å²) >= 11 is 7.32. The Hall–Kier alpha value is -1.46. The molecule has 0 radical (unpaired) electrons. The van der Waals surface area contributed by atoms with E-state index in [1.54, 1.807) is 0 Å². The number of hydrogen-bond donors (Lipinski definition) is 0. The molecule has 0 N–H and O–H groups in total. The highest BCUT2D eigenvalue weighted by Crippen LogP contribution is 2.44. The zero-order valence-electron chi connectivity index (χ0n) is 15.3. The predicted octanol–water partition coefficient (Wildman–Crippen LogP) is 8.17. The first kappa shape index (κ1) is 17.9. The fourth-order valence-electron chi connectivity index (χ4n) is 3.41. The maximum atomic E-state index is 2.29. The zero-order valence-corrected chi connectivity index (χ0v) is 18.5. The molecule has 0 unspecified atom stereocenters. The lowest BCUT2D eigenvalue weighted by molar-refractivity contribution is 1.46. The third kappa shape index (κ3) is 3.05. The van der Waals surface area contributed by atoms with Gasteiger partial charge in [0, 0.05) is 19.5 Å². The Morgan fingerprint density at radius 2 is 0.692 bits per heavy atom. The molecule has 0 saturated heterocycles. The zero-order chi connectivity index (χ0) is 18.3. The average Bonchev–Trinajstić information content (AvgIpc) is 3.38. The summed E-state index contributed by atoms with van der Waals surface area (Å²) in [5.41, 5.74) is 8.21. The minimum atomic E-state index is 1.36. The number of rotatable bonds is 4. The highest BCUT2D eigenvalue weighted by Gasteiger charge is 2.22. The quantitative estimate of drug-likeness (QED) is 0.317. The largest absolute Gasteiger partial charge is 0.149 e. The number of hydrogen-bond acceptors (Lipinski definition) is 4. The standard InChI is InChI=1S/C22H20S4/c1-13-17(5-9-23-13)21(18-6-10-24-14(18)2)22(19-7-11-25-15(19)3)20-8-12-26-16(20)4/h5-12H,1-4H3. The van der Waals surface area contributed by atoms with Crippen molar-refractivity contribution in [3.8, 4) is 0 Å². The molecule has 0 amide bonds. The van der Waals surface area contributed by atoms with Gasteiger partial charge in [0.1, 0.15) is 0 Å². The van der Waals surface area contributed by atoms with Gasteiger partial charge in [-0.05, 0) is 107 Å². The first-order valence-electron chi connectivity index (χ1n) is 8.50.